The minimum absolute atomic E-state index is 0.250. The molecule has 19 heavy (non-hydrogen) atoms. The van der Waals surface area contributed by atoms with Crippen LogP contribution >= 0.6 is 0 Å². The summed E-state index contributed by atoms with van der Waals surface area (Å²) in [5, 5.41) is 0. The zero-order valence-corrected chi connectivity index (χ0v) is 12.3. The van der Waals surface area contributed by atoms with E-state index in [1.807, 2.05) is 0 Å². The fourth-order valence-electron chi connectivity index (χ4n) is 4.38. The molecule has 2 saturated carbocycles. The molecule has 3 rings (SSSR count). The summed E-state index contributed by atoms with van der Waals surface area (Å²) in [5.41, 5.74) is 4.14. The fraction of sp³-hybridized carbons (Fsp3) is 0.647. The molecule has 0 aromatic rings. The van der Waals surface area contributed by atoms with Crippen LogP contribution in [0.1, 0.15) is 46.0 Å². The van der Waals surface area contributed by atoms with Gasteiger partial charge in [0.05, 0.1) is 0 Å². The van der Waals surface area contributed by atoms with Gasteiger partial charge in [0.25, 0.3) is 0 Å². The van der Waals surface area contributed by atoms with E-state index in [9.17, 15) is 0 Å². The van der Waals surface area contributed by atoms with Gasteiger partial charge in [0, 0.05) is 19.1 Å². The van der Waals surface area contributed by atoms with Gasteiger partial charge in [0.1, 0.15) is 5.76 Å². The molecule has 104 valence electrons. The Morgan fingerprint density at radius 2 is 2.11 bits per heavy atom. The van der Waals surface area contributed by atoms with E-state index < -0.39 is 5.79 Å². The highest BCUT2D eigenvalue weighted by Gasteiger charge is 2.56. The highest BCUT2D eigenvalue weighted by Crippen LogP contribution is 2.60. The van der Waals surface area contributed by atoms with E-state index >= 15 is 0 Å². The molecule has 0 N–H and O–H groups in total. The lowest BCUT2D eigenvalue weighted by atomic mass is 9.56. The molecule has 3 atom stereocenters. The minimum atomic E-state index is -0.552. The number of ether oxygens (including phenoxy) is 2. The summed E-state index contributed by atoms with van der Waals surface area (Å²) in [5.74, 6) is 0.804. The van der Waals surface area contributed by atoms with Gasteiger partial charge in [-0.05, 0) is 49.5 Å². The Bertz CT molecular complexity index is 487. The summed E-state index contributed by atoms with van der Waals surface area (Å²) in [6, 6.07) is 0. The van der Waals surface area contributed by atoms with Crippen molar-refractivity contribution in [3.63, 3.8) is 0 Å². The first-order valence-corrected chi connectivity index (χ1v) is 7.23. The zero-order chi connectivity index (χ0) is 13.8. The van der Waals surface area contributed by atoms with Crippen LogP contribution in [0, 0.1) is 11.3 Å². The molecule has 3 aliphatic rings. The molecule has 0 bridgehead atoms. The number of rotatable bonds is 1. The number of hydrogen-bond acceptors (Lipinski definition) is 2. The quantitative estimate of drug-likeness (QED) is 0.653. The SMILES string of the molecule is C=C1O[C@@]2(OC)C[C@@]3(C)CCCC(=C)[C@@H]3CC2=C1C. The Labute approximate surface area is 116 Å². The van der Waals surface area contributed by atoms with E-state index in [1.165, 1.54) is 36.0 Å². The van der Waals surface area contributed by atoms with Gasteiger partial charge < -0.3 is 9.47 Å². The summed E-state index contributed by atoms with van der Waals surface area (Å²) in [6.07, 6.45) is 5.60. The first-order chi connectivity index (χ1) is 8.92. The van der Waals surface area contributed by atoms with Crippen LogP contribution in [0.5, 0.6) is 0 Å². The standard InChI is InChI=1S/C17H24O2/c1-11-7-6-8-16(4)10-17(18-5)15(9-14(11)16)12(2)13(3)19-17/h14H,1,3,6-10H2,2,4-5H3/t14-,16+,17-/m0/s1. The predicted molar refractivity (Wildman–Crippen MR) is 76.5 cm³/mol. The second kappa shape index (κ2) is 3.99. The lowest BCUT2D eigenvalue weighted by Crippen LogP contribution is -2.49. The molecule has 0 aromatic heterocycles. The molecule has 2 nitrogen and oxygen atoms in total. The molecule has 0 unspecified atom stereocenters. The largest absolute Gasteiger partial charge is 0.459 e. The lowest BCUT2D eigenvalue weighted by molar-refractivity contribution is -0.199. The Kier molecular flexibility index (Phi) is 2.72. The van der Waals surface area contributed by atoms with Crippen molar-refractivity contribution in [3.8, 4) is 0 Å². The number of allylic oxidation sites excluding steroid dienone is 2. The maximum Gasteiger partial charge on any atom is 0.234 e. The number of methoxy groups -OCH3 is 1. The van der Waals surface area contributed by atoms with Crippen LogP contribution in [-0.2, 0) is 9.47 Å². The van der Waals surface area contributed by atoms with Crippen LogP contribution < -0.4 is 0 Å². The molecule has 1 heterocycles. The van der Waals surface area contributed by atoms with Crippen molar-refractivity contribution in [2.75, 3.05) is 7.11 Å². The molecular formula is C17H24O2. The number of hydrogen-bond donors (Lipinski definition) is 0. The zero-order valence-electron chi connectivity index (χ0n) is 12.3. The Hall–Kier alpha value is -1.02. The van der Waals surface area contributed by atoms with Crippen molar-refractivity contribution in [1.82, 2.24) is 0 Å². The van der Waals surface area contributed by atoms with Gasteiger partial charge in [0.2, 0.25) is 5.79 Å². The van der Waals surface area contributed by atoms with Gasteiger partial charge in [-0.1, -0.05) is 25.7 Å². The predicted octanol–water partition coefficient (Wildman–Crippen LogP) is 4.35. The summed E-state index contributed by atoms with van der Waals surface area (Å²) in [7, 11) is 1.76. The molecule has 2 fully saturated rings. The molecule has 1 aliphatic heterocycles. The second-order valence-corrected chi connectivity index (χ2v) is 6.69. The van der Waals surface area contributed by atoms with Crippen LogP contribution in [0.25, 0.3) is 0 Å². The molecule has 0 spiro atoms. The van der Waals surface area contributed by atoms with Crippen molar-refractivity contribution >= 4 is 0 Å². The third-order valence-corrected chi connectivity index (χ3v) is 5.57. The van der Waals surface area contributed by atoms with Crippen LogP contribution in [0.3, 0.4) is 0 Å². The van der Waals surface area contributed by atoms with E-state index in [4.69, 9.17) is 9.47 Å². The fourth-order valence-corrected chi connectivity index (χ4v) is 4.38. The first kappa shape index (κ1) is 13.0. The van der Waals surface area contributed by atoms with Gasteiger partial charge >= 0.3 is 0 Å². The molecule has 0 saturated heterocycles. The summed E-state index contributed by atoms with van der Waals surface area (Å²) in [6.45, 7) is 12.8. The van der Waals surface area contributed by atoms with Crippen LogP contribution in [-0.4, -0.2) is 12.9 Å². The van der Waals surface area contributed by atoms with Gasteiger partial charge in [-0.15, -0.1) is 0 Å². The smallest absolute Gasteiger partial charge is 0.234 e. The van der Waals surface area contributed by atoms with Crippen molar-refractivity contribution in [3.05, 3.63) is 35.6 Å². The Morgan fingerprint density at radius 1 is 1.37 bits per heavy atom. The van der Waals surface area contributed by atoms with Crippen molar-refractivity contribution in [2.45, 2.75) is 51.7 Å². The Morgan fingerprint density at radius 3 is 2.79 bits per heavy atom. The highest BCUT2D eigenvalue weighted by atomic mass is 16.7. The van der Waals surface area contributed by atoms with E-state index in [2.05, 4.69) is 27.0 Å². The molecule has 0 amide bonds. The van der Waals surface area contributed by atoms with Crippen LogP contribution in [0.2, 0.25) is 0 Å². The maximum absolute atomic E-state index is 6.04. The lowest BCUT2D eigenvalue weighted by Gasteiger charge is -2.52. The minimum Gasteiger partial charge on any atom is -0.459 e. The normalized spacial score (nSPS) is 41.9. The van der Waals surface area contributed by atoms with Gasteiger partial charge in [0.15, 0.2) is 0 Å². The van der Waals surface area contributed by atoms with Gasteiger partial charge in [-0.25, -0.2) is 0 Å². The topological polar surface area (TPSA) is 18.5 Å². The van der Waals surface area contributed by atoms with Gasteiger partial charge in [-0.2, -0.15) is 0 Å². The van der Waals surface area contributed by atoms with Crippen molar-refractivity contribution in [1.29, 1.82) is 0 Å². The summed E-state index contributed by atoms with van der Waals surface area (Å²) in [4.78, 5) is 0. The third-order valence-electron chi connectivity index (χ3n) is 5.57. The average molecular weight is 260 g/mol. The third kappa shape index (κ3) is 1.66. The molecule has 2 heteroatoms. The van der Waals surface area contributed by atoms with E-state index in [0.717, 1.165) is 18.6 Å². The number of fused-ring (bicyclic) bond motifs is 2. The monoisotopic (exact) mass is 260 g/mol. The van der Waals surface area contributed by atoms with Crippen LogP contribution in [0.4, 0.5) is 0 Å². The van der Waals surface area contributed by atoms with E-state index in [-0.39, 0.29) is 5.41 Å². The molecular weight excluding hydrogens is 236 g/mol. The maximum atomic E-state index is 6.04. The van der Waals surface area contributed by atoms with Crippen molar-refractivity contribution in [2.24, 2.45) is 11.3 Å². The van der Waals surface area contributed by atoms with E-state index in [0.29, 0.717) is 5.92 Å². The molecule has 2 aliphatic carbocycles. The van der Waals surface area contributed by atoms with Crippen molar-refractivity contribution < 1.29 is 9.47 Å². The Balaban J connectivity index is 2.05. The van der Waals surface area contributed by atoms with Crippen LogP contribution in [0.15, 0.2) is 35.6 Å². The second-order valence-electron chi connectivity index (χ2n) is 6.69. The average Bonchev–Trinajstić information content (AvgIpc) is 2.59. The van der Waals surface area contributed by atoms with Gasteiger partial charge in [-0.3, -0.25) is 0 Å². The summed E-state index contributed by atoms with van der Waals surface area (Å²) >= 11 is 0. The first-order valence-electron chi connectivity index (χ1n) is 7.23. The summed E-state index contributed by atoms with van der Waals surface area (Å²) < 4.78 is 11.9. The van der Waals surface area contributed by atoms with E-state index in [1.54, 1.807) is 7.11 Å². The molecule has 0 radical (unpaired) electrons. The molecule has 0 aromatic carbocycles. The highest BCUT2D eigenvalue weighted by molar-refractivity contribution is 5.41.